The van der Waals surface area contributed by atoms with Gasteiger partial charge in [-0.2, -0.15) is 0 Å². The zero-order valence-corrected chi connectivity index (χ0v) is 11.5. The lowest BCUT2D eigenvalue weighted by Crippen LogP contribution is -2.30. The van der Waals surface area contributed by atoms with Crippen LogP contribution in [0.15, 0.2) is 72.4 Å². The molecule has 1 heterocycles. The number of rotatable bonds is 3. The van der Waals surface area contributed by atoms with Crippen molar-refractivity contribution in [3.8, 4) is 0 Å². The molecule has 0 aromatic heterocycles. The summed E-state index contributed by atoms with van der Waals surface area (Å²) in [5, 5.41) is 2.43. The third kappa shape index (κ3) is 2.52. The monoisotopic (exact) mass is 292 g/mol. The third-order valence-corrected chi connectivity index (χ3v) is 3.23. The Hall–Kier alpha value is -3.21. The number of urea groups is 1. The number of hydrogen-bond acceptors (Lipinski definition) is 3. The summed E-state index contributed by atoms with van der Waals surface area (Å²) in [5.74, 6) is -0.875. The molecule has 1 aliphatic heterocycles. The minimum atomic E-state index is -0.566. The van der Waals surface area contributed by atoms with E-state index in [1.54, 1.807) is 60.7 Å². The maximum Gasteiger partial charge on any atom is 0.333 e. The largest absolute Gasteiger partial charge is 0.333 e. The molecule has 0 atom stereocenters. The van der Waals surface area contributed by atoms with Crippen molar-refractivity contribution < 1.29 is 14.4 Å². The molecule has 108 valence electrons. The maximum absolute atomic E-state index is 12.3. The van der Waals surface area contributed by atoms with Gasteiger partial charge in [0.1, 0.15) is 5.70 Å². The van der Waals surface area contributed by atoms with E-state index in [-0.39, 0.29) is 11.5 Å². The van der Waals surface area contributed by atoms with E-state index in [1.807, 2.05) is 0 Å². The topological polar surface area (TPSA) is 66.5 Å². The van der Waals surface area contributed by atoms with Crippen LogP contribution in [0.2, 0.25) is 0 Å². The van der Waals surface area contributed by atoms with Gasteiger partial charge in [0.25, 0.3) is 5.91 Å². The van der Waals surface area contributed by atoms with Gasteiger partial charge in [-0.3, -0.25) is 9.59 Å². The highest BCUT2D eigenvalue weighted by Crippen LogP contribution is 2.20. The van der Waals surface area contributed by atoms with Crippen LogP contribution in [0.3, 0.4) is 0 Å². The van der Waals surface area contributed by atoms with Crippen molar-refractivity contribution in [2.75, 3.05) is 4.90 Å². The maximum atomic E-state index is 12.3. The van der Waals surface area contributed by atoms with Crippen LogP contribution in [0.1, 0.15) is 10.4 Å². The number of carbonyl (C=O) groups excluding carboxylic acids is 3. The number of para-hydroxylation sites is 1. The number of imide groups is 1. The predicted molar refractivity (Wildman–Crippen MR) is 81.3 cm³/mol. The summed E-state index contributed by atoms with van der Waals surface area (Å²) in [6.45, 7) is 0. The van der Waals surface area contributed by atoms with Crippen molar-refractivity contribution in [2.45, 2.75) is 0 Å². The molecule has 1 N–H and O–H groups in total. The lowest BCUT2D eigenvalue weighted by atomic mass is 10.1. The van der Waals surface area contributed by atoms with Gasteiger partial charge in [-0.15, -0.1) is 0 Å². The Labute approximate surface area is 126 Å². The fourth-order valence-electron chi connectivity index (χ4n) is 2.16. The van der Waals surface area contributed by atoms with E-state index in [0.717, 1.165) is 11.0 Å². The summed E-state index contributed by atoms with van der Waals surface area (Å²) in [6.07, 6.45) is 1.15. The van der Waals surface area contributed by atoms with Gasteiger partial charge in [-0.05, 0) is 12.1 Å². The van der Waals surface area contributed by atoms with E-state index in [4.69, 9.17) is 0 Å². The Bertz CT molecular complexity index is 767. The Kier molecular flexibility index (Phi) is 3.53. The quantitative estimate of drug-likeness (QED) is 0.537. The van der Waals surface area contributed by atoms with Gasteiger partial charge in [0, 0.05) is 11.6 Å². The Balaban J connectivity index is 1.88. The molecule has 3 amide bonds. The molecule has 2 aromatic rings. The van der Waals surface area contributed by atoms with Crippen LogP contribution in [-0.4, -0.2) is 17.7 Å². The third-order valence-electron chi connectivity index (χ3n) is 3.23. The molecule has 1 fully saturated rings. The number of nitrogens with zero attached hydrogens (tertiary/aromatic N) is 1. The number of carbonyl (C=O) groups is 3. The van der Waals surface area contributed by atoms with Crippen LogP contribution in [0, 0.1) is 0 Å². The predicted octanol–water partition coefficient (Wildman–Crippen LogP) is 2.51. The summed E-state index contributed by atoms with van der Waals surface area (Å²) in [4.78, 5) is 37.4. The molecular weight excluding hydrogens is 280 g/mol. The normalized spacial score (nSPS) is 16.0. The molecule has 5 nitrogen and oxygen atoms in total. The lowest BCUT2D eigenvalue weighted by Gasteiger charge is -2.10. The SMILES string of the molecule is O=C(C=C1NC(=O)N(c2ccccc2)C1=O)c1ccccc1. The molecule has 2 aromatic carbocycles. The van der Waals surface area contributed by atoms with Crippen molar-refractivity contribution >= 4 is 23.4 Å². The van der Waals surface area contributed by atoms with E-state index in [0.29, 0.717) is 11.3 Å². The number of ketones is 1. The minimum absolute atomic E-state index is 0.0253. The number of nitrogens with one attached hydrogen (secondary N) is 1. The molecule has 0 aliphatic carbocycles. The number of hydrogen-bond donors (Lipinski definition) is 1. The van der Waals surface area contributed by atoms with E-state index < -0.39 is 11.9 Å². The molecular formula is C17H12N2O3. The standard InChI is InChI=1S/C17H12N2O3/c20-15(12-7-3-1-4-8-12)11-14-16(21)19(17(22)18-14)13-9-5-2-6-10-13/h1-11H,(H,18,22). The molecule has 0 saturated carbocycles. The van der Waals surface area contributed by atoms with Crippen molar-refractivity contribution in [2.24, 2.45) is 0 Å². The second kappa shape index (κ2) is 5.65. The fourth-order valence-corrected chi connectivity index (χ4v) is 2.16. The van der Waals surface area contributed by atoms with Crippen molar-refractivity contribution in [1.82, 2.24) is 5.32 Å². The van der Waals surface area contributed by atoms with Gasteiger partial charge in [0.05, 0.1) is 5.69 Å². The highest BCUT2D eigenvalue weighted by molar-refractivity contribution is 6.28. The minimum Gasteiger partial charge on any atom is -0.302 e. The van der Waals surface area contributed by atoms with Crippen molar-refractivity contribution in [1.29, 1.82) is 0 Å². The summed E-state index contributed by atoms with van der Waals surface area (Å²) < 4.78 is 0. The number of allylic oxidation sites excluding steroid dienone is 1. The summed E-state index contributed by atoms with van der Waals surface area (Å²) in [7, 11) is 0. The van der Waals surface area contributed by atoms with Gasteiger partial charge in [0.15, 0.2) is 5.78 Å². The summed E-state index contributed by atoms with van der Waals surface area (Å²) in [5.41, 5.74) is 0.887. The van der Waals surface area contributed by atoms with Crippen LogP contribution >= 0.6 is 0 Å². The van der Waals surface area contributed by atoms with Crippen LogP contribution < -0.4 is 10.2 Å². The lowest BCUT2D eigenvalue weighted by molar-refractivity contribution is -0.113. The van der Waals surface area contributed by atoms with Crippen LogP contribution in [0.4, 0.5) is 10.5 Å². The molecule has 1 aliphatic rings. The first-order valence-electron chi connectivity index (χ1n) is 6.68. The molecule has 0 bridgehead atoms. The average molecular weight is 292 g/mol. The number of benzene rings is 2. The van der Waals surface area contributed by atoms with Crippen LogP contribution in [0.25, 0.3) is 0 Å². The molecule has 22 heavy (non-hydrogen) atoms. The molecule has 0 spiro atoms. The Morgan fingerprint density at radius 3 is 2.14 bits per heavy atom. The molecule has 5 heteroatoms. The van der Waals surface area contributed by atoms with Crippen LogP contribution in [0.5, 0.6) is 0 Å². The summed E-state index contributed by atoms with van der Waals surface area (Å²) in [6, 6.07) is 16.5. The Morgan fingerprint density at radius 2 is 1.50 bits per heavy atom. The van der Waals surface area contributed by atoms with Crippen molar-refractivity contribution in [3.05, 3.63) is 78.0 Å². The molecule has 1 saturated heterocycles. The van der Waals surface area contributed by atoms with Crippen LogP contribution in [-0.2, 0) is 4.79 Å². The van der Waals surface area contributed by atoms with E-state index in [1.165, 1.54) is 0 Å². The zero-order valence-electron chi connectivity index (χ0n) is 11.5. The van der Waals surface area contributed by atoms with Gasteiger partial charge < -0.3 is 5.32 Å². The zero-order chi connectivity index (χ0) is 15.5. The van der Waals surface area contributed by atoms with E-state index >= 15 is 0 Å². The molecule has 0 unspecified atom stereocenters. The second-order valence-electron chi connectivity index (χ2n) is 4.69. The first-order chi connectivity index (χ1) is 10.7. The van der Waals surface area contributed by atoms with Crippen molar-refractivity contribution in [3.63, 3.8) is 0 Å². The number of anilines is 1. The fraction of sp³-hybridized carbons (Fsp3) is 0. The smallest absolute Gasteiger partial charge is 0.302 e. The Morgan fingerprint density at radius 1 is 0.909 bits per heavy atom. The first kappa shape index (κ1) is 13.8. The highest BCUT2D eigenvalue weighted by Gasteiger charge is 2.35. The second-order valence-corrected chi connectivity index (χ2v) is 4.69. The van der Waals surface area contributed by atoms with Gasteiger partial charge in [-0.25, -0.2) is 9.69 Å². The van der Waals surface area contributed by atoms with E-state index in [2.05, 4.69) is 5.32 Å². The summed E-state index contributed by atoms with van der Waals surface area (Å²) >= 11 is 0. The average Bonchev–Trinajstić information content (AvgIpc) is 2.83. The van der Waals surface area contributed by atoms with Gasteiger partial charge in [0.2, 0.25) is 0 Å². The molecule has 3 rings (SSSR count). The number of amides is 3. The first-order valence-corrected chi connectivity index (χ1v) is 6.68. The van der Waals surface area contributed by atoms with Gasteiger partial charge in [-0.1, -0.05) is 48.5 Å². The highest BCUT2D eigenvalue weighted by atomic mass is 16.2. The van der Waals surface area contributed by atoms with E-state index in [9.17, 15) is 14.4 Å². The van der Waals surface area contributed by atoms with Gasteiger partial charge >= 0.3 is 6.03 Å². The molecule has 0 radical (unpaired) electrons.